The number of ether oxygens (including phenoxy) is 1. The highest BCUT2D eigenvalue weighted by molar-refractivity contribution is 7.20. The van der Waals surface area contributed by atoms with Crippen LogP contribution >= 0.6 is 11.3 Å². The number of thiazole rings is 1. The number of aliphatic hydroxyl groups is 1. The van der Waals surface area contributed by atoms with E-state index in [4.69, 9.17) is 4.74 Å². The number of nitrogens with one attached hydrogen (secondary N) is 1. The Bertz CT molecular complexity index is 640. The number of aromatic nitrogens is 1. The Morgan fingerprint density at radius 1 is 1.30 bits per heavy atom. The number of hydrogen-bond donors (Lipinski definition) is 2. The van der Waals surface area contributed by atoms with Crippen LogP contribution in [0.4, 0.5) is 0 Å². The van der Waals surface area contributed by atoms with Crippen LogP contribution in [0, 0.1) is 5.92 Å². The summed E-state index contributed by atoms with van der Waals surface area (Å²) in [7, 11) is 0. The van der Waals surface area contributed by atoms with Gasteiger partial charge in [0.2, 0.25) is 0 Å². The van der Waals surface area contributed by atoms with Crippen LogP contribution in [0.5, 0.6) is 5.19 Å². The van der Waals surface area contributed by atoms with E-state index in [0.29, 0.717) is 5.19 Å². The van der Waals surface area contributed by atoms with Gasteiger partial charge in [-0.2, -0.15) is 0 Å². The van der Waals surface area contributed by atoms with Crippen LogP contribution in [0.15, 0.2) is 24.3 Å². The van der Waals surface area contributed by atoms with Crippen molar-refractivity contribution in [3.8, 4) is 5.19 Å². The zero-order valence-corrected chi connectivity index (χ0v) is 15.0. The van der Waals surface area contributed by atoms with Gasteiger partial charge in [-0.25, -0.2) is 4.98 Å². The Hall–Kier alpha value is -1.66. The topological polar surface area (TPSA) is 71.5 Å². The largest absolute Gasteiger partial charge is 0.457 e. The molecule has 2 aromatic rings. The van der Waals surface area contributed by atoms with E-state index in [1.807, 2.05) is 45.0 Å². The Labute approximate surface area is 140 Å². The Morgan fingerprint density at radius 2 is 1.96 bits per heavy atom. The quantitative estimate of drug-likeness (QED) is 0.851. The van der Waals surface area contributed by atoms with Crippen LogP contribution in [0.25, 0.3) is 10.2 Å². The molecule has 0 saturated heterocycles. The third-order valence-corrected chi connectivity index (χ3v) is 5.31. The van der Waals surface area contributed by atoms with Gasteiger partial charge in [0.25, 0.3) is 11.1 Å². The van der Waals surface area contributed by atoms with Crippen molar-refractivity contribution in [2.24, 2.45) is 5.92 Å². The Morgan fingerprint density at radius 3 is 2.52 bits per heavy atom. The predicted molar refractivity (Wildman–Crippen MR) is 92.8 cm³/mol. The van der Waals surface area contributed by atoms with Gasteiger partial charge in [0.15, 0.2) is 6.10 Å². The summed E-state index contributed by atoms with van der Waals surface area (Å²) in [6.45, 7) is 9.13. The van der Waals surface area contributed by atoms with Crippen LogP contribution in [0.3, 0.4) is 0 Å². The van der Waals surface area contributed by atoms with Crippen LogP contribution in [-0.2, 0) is 4.79 Å². The molecular formula is C17H24N2O3S. The van der Waals surface area contributed by atoms with Gasteiger partial charge in [0.05, 0.1) is 21.9 Å². The molecule has 5 nitrogen and oxygen atoms in total. The maximum Gasteiger partial charge on any atom is 0.275 e. The number of rotatable bonds is 6. The van der Waals surface area contributed by atoms with Gasteiger partial charge < -0.3 is 15.2 Å². The summed E-state index contributed by atoms with van der Waals surface area (Å²) in [5.74, 6) is -0.178. The monoisotopic (exact) mass is 336 g/mol. The molecule has 126 valence electrons. The molecule has 3 unspecified atom stereocenters. The molecule has 1 aromatic carbocycles. The minimum atomic E-state index is -0.706. The van der Waals surface area contributed by atoms with Gasteiger partial charge in [-0.15, -0.1) is 0 Å². The molecule has 2 rings (SSSR count). The lowest BCUT2D eigenvalue weighted by atomic mass is 9.83. The molecular weight excluding hydrogens is 312 g/mol. The van der Waals surface area contributed by atoms with Crippen molar-refractivity contribution in [3.05, 3.63) is 24.3 Å². The first-order chi connectivity index (χ1) is 10.7. The zero-order chi connectivity index (χ0) is 17.2. The third-order valence-electron chi connectivity index (χ3n) is 4.38. The first kappa shape index (κ1) is 17.7. The average Bonchev–Trinajstić information content (AvgIpc) is 2.88. The summed E-state index contributed by atoms with van der Waals surface area (Å²) in [5, 5.41) is 13.4. The van der Waals surface area contributed by atoms with Crippen LogP contribution in [0.1, 0.15) is 34.6 Å². The number of carbonyl (C=O) groups is 1. The van der Waals surface area contributed by atoms with Gasteiger partial charge in [0, 0.05) is 0 Å². The smallest absolute Gasteiger partial charge is 0.275 e. The number of amides is 1. The van der Waals surface area contributed by atoms with Gasteiger partial charge in [-0.1, -0.05) is 37.3 Å². The summed E-state index contributed by atoms with van der Waals surface area (Å²) in [6.07, 6.45) is -1.35. The van der Waals surface area contributed by atoms with E-state index in [1.54, 1.807) is 13.8 Å². The third kappa shape index (κ3) is 3.82. The summed E-state index contributed by atoms with van der Waals surface area (Å²) in [6, 6.07) is 7.73. The van der Waals surface area contributed by atoms with E-state index in [1.165, 1.54) is 11.3 Å². The Kier molecular flexibility index (Phi) is 5.26. The van der Waals surface area contributed by atoms with Crippen LogP contribution in [-0.4, -0.2) is 33.7 Å². The molecule has 0 bridgehead atoms. The molecule has 1 aromatic heterocycles. The van der Waals surface area contributed by atoms with E-state index in [0.717, 1.165) is 10.2 Å². The van der Waals surface area contributed by atoms with Crippen LogP contribution in [0.2, 0.25) is 0 Å². The van der Waals surface area contributed by atoms with Crippen molar-refractivity contribution in [2.45, 2.75) is 52.4 Å². The minimum Gasteiger partial charge on any atom is -0.457 e. The van der Waals surface area contributed by atoms with Crippen molar-refractivity contribution < 1.29 is 14.6 Å². The van der Waals surface area contributed by atoms with Crippen molar-refractivity contribution >= 4 is 27.5 Å². The summed E-state index contributed by atoms with van der Waals surface area (Å²) < 4.78 is 6.70. The fourth-order valence-corrected chi connectivity index (χ4v) is 3.09. The summed E-state index contributed by atoms with van der Waals surface area (Å²) in [4.78, 5) is 16.8. The van der Waals surface area contributed by atoms with E-state index in [-0.39, 0.29) is 11.8 Å². The highest BCUT2D eigenvalue weighted by atomic mass is 32.1. The number of carbonyl (C=O) groups excluding carboxylic acids is 1. The lowest BCUT2D eigenvalue weighted by molar-refractivity contribution is -0.131. The van der Waals surface area contributed by atoms with Gasteiger partial charge in [-0.05, 0) is 38.8 Å². The molecule has 23 heavy (non-hydrogen) atoms. The highest BCUT2D eigenvalue weighted by Gasteiger charge is 2.36. The lowest BCUT2D eigenvalue weighted by Crippen LogP contribution is -2.59. The molecule has 2 N–H and O–H groups in total. The van der Waals surface area contributed by atoms with Gasteiger partial charge in [-0.3, -0.25) is 4.79 Å². The maximum atomic E-state index is 12.4. The maximum absolute atomic E-state index is 12.4. The molecule has 0 aliphatic rings. The van der Waals surface area contributed by atoms with Crippen molar-refractivity contribution in [1.82, 2.24) is 10.3 Å². The van der Waals surface area contributed by atoms with Crippen LogP contribution < -0.4 is 10.1 Å². The minimum absolute atomic E-state index is 0.0844. The number of aliphatic hydroxyl groups excluding tert-OH is 1. The SMILES string of the molecule is CC(Oc1nc2ccccc2s1)C(=O)NC(C)(C(C)C)C(C)O. The average molecular weight is 336 g/mol. The molecule has 0 saturated carbocycles. The van der Waals surface area contributed by atoms with Crippen molar-refractivity contribution in [2.75, 3.05) is 0 Å². The van der Waals surface area contributed by atoms with E-state index >= 15 is 0 Å². The molecule has 0 aliphatic carbocycles. The molecule has 6 heteroatoms. The summed E-state index contributed by atoms with van der Waals surface area (Å²) in [5.41, 5.74) is 0.151. The van der Waals surface area contributed by atoms with E-state index in [2.05, 4.69) is 10.3 Å². The number of fused-ring (bicyclic) bond motifs is 1. The molecule has 0 radical (unpaired) electrons. The van der Waals surface area contributed by atoms with Crippen molar-refractivity contribution in [3.63, 3.8) is 0 Å². The number of nitrogens with zero attached hydrogens (tertiary/aromatic N) is 1. The Balaban J connectivity index is 2.07. The predicted octanol–water partition coefficient (Wildman–Crippen LogP) is 2.98. The number of hydrogen-bond acceptors (Lipinski definition) is 5. The number of benzene rings is 1. The van der Waals surface area contributed by atoms with Gasteiger partial charge in [0.1, 0.15) is 0 Å². The van der Waals surface area contributed by atoms with Crippen molar-refractivity contribution in [1.29, 1.82) is 0 Å². The lowest BCUT2D eigenvalue weighted by Gasteiger charge is -2.38. The zero-order valence-electron chi connectivity index (χ0n) is 14.2. The van der Waals surface area contributed by atoms with E-state index < -0.39 is 17.7 Å². The molecule has 0 fully saturated rings. The molecule has 3 atom stereocenters. The highest BCUT2D eigenvalue weighted by Crippen LogP contribution is 2.28. The summed E-state index contributed by atoms with van der Waals surface area (Å²) >= 11 is 1.41. The fraction of sp³-hybridized carbons (Fsp3) is 0.529. The second kappa shape index (κ2) is 6.84. The molecule has 1 heterocycles. The molecule has 0 spiro atoms. The standard InChI is InChI=1S/C17H24N2O3S/c1-10(2)17(5,12(4)20)19-15(21)11(3)22-16-18-13-8-6-7-9-14(13)23-16/h6-12,20H,1-5H3,(H,19,21). The second-order valence-corrected chi connectivity index (χ2v) is 7.30. The number of para-hydroxylation sites is 1. The second-order valence-electron chi connectivity index (χ2n) is 6.31. The first-order valence-electron chi connectivity index (χ1n) is 7.76. The van der Waals surface area contributed by atoms with E-state index in [9.17, 15) is 9.90 Å². The first-order valence-corrected chi connectivity index (χ1v) is 8.58. The molecule has 0 aliphatic heterocycles. The molecule has 1 amide bonds. The fourth-order valence-electron chi connectivity index (χ4n) is 2.20. The van der Waals surface area contributed by atoms with Gasteiger partial charge >= 0.3 is 0 Å². The normalized spacial score (nSPS) is 16.8.